The fourth-order valence-corrected chi connectivity index (χ4v) is 0.916. The van der Waals surface area contributed by atoms with Gasteiger partial charge in [0.05, 0.1) is 6.61 Å². The average molecular weight is 164 g/mol. The Balaban J connectivity index is 3.49. The lowest BCUT2D eigenvalue weighted by Gasteiger charge is -2.06. The van der Waals surface area contributed by atoms with Crippen molar-refractivity contribution >= 4 is 17.7 Å². The molecule has 0 aromatic rings. The minimum absolute atomic E-state index is 0.324. The van der Waals surface area contributed by atoms with Crippen LogP contribution in [0, 0.1) is 0 Å². The first kappa shape index (κ1) is 9.78. The average Bonchev–Trinajstić information content (AvgIpc) is 1.89. The van der Waals surface area contributed by atoms with E-state index < -0.39 is 12.1 Å². The number of esters is 1. The monoisotopic (exact) mass is 164 g/mol. The van der Waals surface area contributed by atoms with Gasteiger partial charge in [-0.2, -0.15) is 11.8 Å². The summed E-state index contributed by atoms with van der Waals surface area (Å²) in [4.78, 5) is 10.6. The molecule has 0 saturated heterocycles. The van der Waals surface area contributed by atoms with Crippen molar-refractivity contribution in [2.75, 3.05) is 18.6 Å². The second-order valence-electron chi connectivity index (χ2n) is 1.72. The second-order valence-corrected chi connectivity index (χ2v) is 2.63. The first-order valence-electron chi connectivity index (χ1n) is 3.06. The number of ether oxygens (including phenoxy) is 1. The summed E-state index contributed by atoms with van der Waals surface area (Å²) in [5.74, 6) is -0.129. The maximum Gasteiger partial charge on any atom is 0.335 e. The lowest BCUT2D eigenvalue weighted by molar-refractivity contribution is -0.151. The van der Waals surface area contributed by atoms with E-state index in [4.69, 9.17) is 5.11 Å². The van der Waals surface area contributed by atoms with Gasteiger partial charge < -0.3 is 9.84 Å². The molecule has 1 atom stereocenters. The molecule has 0 saturated carbocycles. The molecule has 1 N–H and O–H groups in total. The Morgan fingerprint density at radius 2 is 2.40 bits per heavy atom. The number of aliphatic hydroxyl groups excluding tert-OH is 1. The van der Waals surface area contributed by atoms with Crippen LogP contribution in [0.2, 0.25) is 0 Å². The number of thioether (sulfide) groups is 1. The standard InChI is InChI=1S/C6H12O3S/c1-3-9-6(8)5(7)4-10-2/h5,7H,3-4H2,1-2H3/t5-/m1/s1. The molecule has 0 aliphatic rings. The van der Waals surface area contributed by atoms with Crippen molar-refractivity contribution in [2.24, 2.45) is 0 Å². The third kappa shape index (κ3) is 3.74. The molecule has 0 aliphatic carbocycles. The molecular formula is C6H12O3S. The fraction of sp³-hybridized carbons (Fsp3) is 0.833. The quantitative estimate of drug-likeness (QED) is 0.606. The molecule has 0 rings (SSSR count). The van der Waals surface area contributed by atoms with E-state index in [1.54, 1.807) is 6.92 Å². The van der Waals surface area contributed by atoms with Gasteiger partial charge in [0.2, 0.25) is 0 Å². The van der Waals surface area contributed by atoms with Gasteiger partial charge in [-0.3, -0.25) is 0 Å². The zero-order chi connectivity index (χ0) is 7.98. The van der Waals surface area contributed by atoms with Crippen molar-refractivity contribution in [1.29, 1.82) is 0 Å². The van der Waals surface area contributed by atoms with Crippen LogP contribution in [0.5, 0.6) is 0 Å². The number of hydrogen-bond acceptors (Lipinski definition) is 4. The number of carbonyl (C=O) groups is 1. The highest BCUT2D eigenvalue weighted by molar-refractivity contribution is 7.98. The maximum atomic E-state index is 10.6. The zero-order valence-electron chi connectivity index (χ0n) is 6.16. The molecule has 60 valence electrons. The summed E-state index contributed by atoms with van der Waals surface area (Å²) in [6, 6.07) is 0. The highest BCUT2D eigenvalue weighted by Crippen LogP contribution is 1.98. The predicted octanol–water partition coefficient (Wildman–Crippen LogP) is 0.273. The molecule has 0 heterocycles. The molecule has 0 unspecified atom stereocenters. The first-order chi connectivity index (χ1) is 4.72. The number of aliphatic hydroxyl groups is 1. The summed E-state index contributed by atoms with van der Waals surface area (Å²) in [7, 11) is 0. The van der Waals surface area contributed by atoms with Crippen LogP contribution >= 0.6 is 11.8 Å². The summed E-state index contributed by atoms with van der Waals surface area (Å²) < 4.78 is 4.55. The van der Waals surface area contributed by atoms with Crippen molar-refractivity contribution in [3.8, 4) is 0 Å². The third-order valence-corrected chi connectivity index (χ3v) is 1.53. The van der Waals surface area contributed by atoms with Gasteiger partial charge in [-0.1, -0.05) is 0 Å². The molecule has 0 spiro atoms. The van der Waals surface area contributed by atoms with Crippen LogP contribution in [0.25, 0.3) is 0 Å². The third-order valence-electron chi connectivity index (χ3n) is 0.883. The van der Waals surface area contributed by atoms with Gasteiger partial charge in [0.25, 0.3) is 0 Å². The van der Waals surface area contributed by atoms with Gasteiger partial charge in [-0.05, 0) is 13.2 Å². The van der Waals surface area contributed by atoms with E-state index in [1.165, 1.54) is 11.8 Å². The van der Waals surface area contributed by atoms with Crippen molar-refractivity contribution in [3.05, 3.63) is 0 Å². The molecule has 0 amide bonds. The Labute approximate surface area is 64.8 Å². The Bertz CT molecular complexity index is 105. The van der Waals surface area contributed by atoms with Crippen molar-refractivity contribution in [1.82, 2.24) is 0 Å². The molecule has 3 nitrogen and oxygen atoms in total. The first-order valence-corrected chi connectivity index (χ1v) is 4.45. The van der Waals surface area contributed by atoms with Crippen LogP contribution in [0.15, 0.2) is 0 Å². The fourth-order valence-electron chi connectivity index (χ4n) is 0.464. The number of hydrogen-bond donors (Lipinski definition) is 1. The highest BCUT2D eigenvalue weighted by atomic mass is 32.2. The molecule has 0 aromatic carbocycles. The van der Waals surface area contributed by atoms with Crippen LogP contribution in [-0.2, 0) is 9.53 Å². The largest absolute Gasteiger partial charge is 0.464 e. The van der Waals surface area contributed by atoms with E-state index in [0.717, 1.165) is 0 Å². The van der Waals surface area contributed by atoms with Crippen molar-refractivity contribution < 1.29 is 14.6 Å². The minimum Gasteiger partial charge on any atom is -0.464 e. The molecule has 0 aromatic heterocycles. The number of rotatable bonds is 4. The molecule has 0 radical (unpaired) electrons. The Morgan fingerprint density at radius 1 is 1.80 bits per heavy atom. The van der Waals surface area contributed by atoms with Crippen LogP contribution in [0.3, 0.4) is 0 Å². The topological polar surface area (TPSA) is 46.5 Å². The van der Waals surface area contributed by atoms with E-state index in [9.17, 15) is 4.79 Å². The lowest BCUT2D eigenvalue weighted by Crippen LogP contribution is -2.25. The Hall–Kier alpha value is -0.220. The summed E-state index contributed by atoms with van der Waals surface area (Å²) in [6.07, 6.45) is 0.859. The van der Waals surface area contributed by atoms with Crippen LogP contribution < -0.4 is 0 Å². The van der Waals surface area contributed by atoms with E-state index in [-0.39, 0.29) is 0 Å². The van der Waals surface area contributed by atoms with E-state index in [0.29, 0.717) is 12.4 Å². The second kappa shape index (κ2) is 5.56. The van der Waals surface area contributed by atoms with Gasteiger partial charge in [0, 0.05) is 5.75 Å². The summed E-state index contributed by atoms with van der Waals surface area (Å²) in [5.41, 5.74) is 0. The normalized spacial score (nSPS) is 12.7. The molecule has 4 heteroatoms. The van der Waals surface area contributed by atoms with Gasteiger partial charge in [-0.25, -0.2) is 4.79 Å². The van der Waals surface area contributed by atoms with Crippen LogP contribution in [0.1, 0.15) is 6.92 Å². The van der Waals surface area contributed by atoms with Crippen molar-refractivity contribution in [3.63, 3.8) is 0 Å². The minimum atomic E-state index is -0.963. The zero-order valence-corrected chi connectivity index (χ0v) is 6.98. The summed E-state index contributed by atoms with van der Waals surface area (Å²) in [6.45, 7) is 2.04. The summed E-state index contributed by atoms with van der Waals surface area (Å²) in [5, 5.41) is 8.95. The van der Waals surface area contributed by atoms with Crippen LogP contribution in [-0.4, -0.2) is 35.8 Å². The van der Waals surface area contributed by atoms with E-state index in [2.05, 4.69) is 4.74 Å². The maximum absolute atomic E-state index is 10.6. The van der Waals surface area contributed by atoms with E-state index in [1.807, 2.05) is 6.26 Å². The van der Waals surface area contributed by atoms with Gasteiger partial charge in [0.15, 0.2) is 6.10 Å². The van der Waals surface area contributed by atoms with Crippen molar-refractivity contribution in [2.45, 2.75) is 13.0 Å². The molecule has 0 aliphatic heterocycles. The Kier molecular flexibility index (Phi) is 5.43. The molecule has 10 heavy (non-hydrogen) atoms. The molecule has 0 bridgehead atoms. The molecule has 0 fully saturated rings. The Morgan fingerprint density at radius 3 is 2.80 bits per heavy atom. The van der Waals surface area contributed by atoms with E-state index >= 15 is 0 Å². The summed E-state index contributed by atoms with van der Waals surface area (Å²) >= 11 is 1.41. The SMILES string of the molecule is CCOC(=O)[C@H](O)CSC. The van der Waals surface area contributed by atoms with Gasteiger partial charge in [-0.15, -0.1) is 0 Å². The highest BCUT2D eigenvalue weighted by Gasteiger charge is 2.14. The van der Waals surface area contributed by atoms with Gasteiger partial charge >= 0.3 is 5.97 Å². The predicted molar refractivity (Wildman–Crippen MR) is 41.0 cm³/mol. The molecular weight excluding hydrogens is 152 g/mol. The van der Waals surface area contributed by atoms with Crippen LogP contribution in [0.4, 0.5) is 0 Å². The smallest absolute Gasteiger partial charge is 0.335 e. The van der Waals surface area contributed by atoms with Gasteiger partial charge in [0.1, 0.15) is 0 Å². The number of carbonyl (C=O) groups excluding carboxylic acids is 1. The lowest BCUT2D eigenvalue weighted by atomic mass is 10.4.